The molecular formula is C15H24N4OS. The Morgan fingerprint density at radius 3 is 2.62 bits per heavy atom. The molecule has 1 aromatic rings. The normalized spacial score (nSPS) is 21.8. The molecule has 1 amide bonds. The minimum Gasteiger partial charge on any atom is -0.351 e. The number of hydrogen-bond acceptors (Lipinski definition) is 5. The molecule has 6 heteroatoms. The summed E-state index contributed by atoms with van der Waals surface area (Å²) in [5.74, 6) is 0.605. The smallest absolute Gasteiger partial charge is 0.264 e. The Balaban J connectivity index is 1.41. The number of nitrogens with zero attached hydrogens (tertiary/aromatic N) is 3. The number of rotatable bonds is 4. The number of amides is 1. The van der Waals surface area contributed by atoms with Crippen LogP contribution in [0.4, 0.5) is 0 Å². The second-order valence-corrected chi connectivity index (χ2v) is 7.07. The predicted molar refractivity (Wildman–Crippen MR) is 83.5 cm³/mol. The molecule has 0 bridgehead atoms. The fraction of sp³-hybridized carbons (Fsp3) is 0.800. The van der Waals surface area contributed by atoms with Crippen molar-refractivity contribution in [3.63, 3.8) is 0 Å². The Morgan fingerprint density at radius 2 is 2.00 bits per heavy atom. The first-order valence-corrected chi connectivity index (χ1v) is 8.82. The molecule has 5 nitrogen and oxygen atoms in total. The molecule has 0 aromatic carbocycles. The second kappa shape index (κ2) is 6.83. The van der Waals surface area contributed by atoms with E-state index >= 15 is 0 Å². The van der Waals surface area contributed by atoms with Gasteiger partial charge in [0.05, 0.1) is 5.69 Å². The third-order valence-electron chi connectivity index (χ3n) is 4.90. The summed E-state index contributed by atoms with van der Waals surface area (Å²) in [5.41, 5.74) is 0.730. The fourth-order valence-electron chi connectivity index (χ4n) is 3.55. The van der Waals surface area contributed by atoms with Gasteiger partial charge in [0.1, 0.15) is 4.88 Å². The standard InChI is InChI=1S/C15H24N4OS/c1-11-14(21-18-17-11)15(20)16-10-12-6-8-19(9-7-12)13-4-2-3-5-13/h12-13H,2-10H2,1H3,(H,16,20). The Morgan fingerprint density at radius 1 is 1.29 bits per heavy atom. The highest BCUT2D eigenvalue weighted by Gasteiger charge is 2.27. The minimum absolute atomic E-state index is 0.0132. The molecule has 1 N–H and O–H groups in total. The van der Waals surface area contributed by atoms with Crippen LogP contribution in [0.25, 0.3) is 0 Å². The molecule has 0 unspecified atom stereocenters. The van der Waals surface area contributed by atoms with Crippen LogP contribution in [0.15, 0.2) is 0 Å². The van der Waals surface area contributed by atoms with E-state index in [1.54, 1.807) is 0 Å². The van der Waals surface area contributed by atoms with Crippen molar-refractivity contribution < 1.29 is 4.79 Å². The van der Waals surface area contributed by atoms with Crippen LogP contribution < -0.4 is 5.32 Å². The van der Waals surface area contributed by atoms with Crippen molar-refractivity contribution in [2.75, 3.05) is 19.6 Å². The molecule has 0 atom stereocenters. The molecule has 0 radical (unpaired) electrons. The van der Waals surface area contributed by atoms with Crippen molar-refractivity contribution in [1.29, 1.82) is 0 Å². The lowest BCUT2D eigenvalue weighted by molar-refractivity contribution is 0.0928. The molecule has 1 saturated heterocycles. The summed E-state index contributed by atoms with van der Waals surface area (Å²) in [6, 6.07) is 0.839. The number of piperidine rings is 1. The second-order valence-electron chi connectivity index (χ2n) is 6.32. The molecule has 1 aliphatic heterocycles. The number of carbonyl (C=O) groups is 1. The lowest BCUT2D eigenvalue weighted by Crippen LogP contribution is -2.42. The van der Waals surface area contributed by atoms with E-state index < -0.39 is 0 Å². The molecule has 116 valence electrons. The number of nitrogens with one attached hydrogen (secondary N) is 1. The molecule has 2 fully saturated rings. The molecule has 2 aliphatic rings. The maximum Gasteiger partial charge on any atom is 0.264 e. The van der Waals surface area contributed by atoms with Gasteiger partial charge >= 0.3 is 0 Å². The Hall–Kier alpha value is -1.01. The van der Waals surface area contributed by atoms with E-state index in [4.69, 9.17) is 0 Å². The minimum atomic E-state index is -0.0132. The van der Waals surface area contributed by atoms with Gasteiger partial charge in [-0.25, -0.2) is 0 Å². The van der Waals surface area contributed by atoms with E-state index in [0.29, 0.717) is 10.8 Å². The van der Waals surface area contributed by atoms with E-state index in [2.05, 4.69) is 19.8 Å². The van der Waals surface area contributed by atoms with Gasteiger partial charge < -0.3 is 10.2 Å². The summed E-state index contributed by atoms with van der Waals surface area (Å²) in [5, 5.41) is 6.94. The molecule has 1 saturated carbocycles. The zero-order chi connectivity index (χ0) is 14.7. The van der Waals surface area contributed by atoms with Crippen LogP contribution in [0.3, 0.4) is 0 Å². The predicted octanol–water partition coefficient (Wildman–Crippen LogP) is 2.23. The highest BCUT2D eigenvalue weighted by atomic mass is 32.1. The van der Waals surface area contributed by atoms with Gasteiger partial charge in [-0.3, -0.25) is 4.79 Å². The SMILES string of the molecule is Cc1nnsc1C(=O)NCC1CCN(C2CCCC2)CC1. The highest BCUT2D eigenvalue weighted by molar-refractivity contribution is 7.07. The zero-order valence-electron chi connectivity index (χ0n) is 12.7. The first kappa shape index (κ1) is 14.9. The van der Waals surface area contributed by atoms with Gasteiger partial charge in [0, 0.05) is 12.6 Å². The Labute approximate surface area is 130 Å². The molecular weight excluding hydrogens is 284 g/mol. The van der Waals surface area contributed by atoms with Crippen LogP contribution in [0.1, 0.15) is 53.9 Å². The largest absolute Gasteiger partial charge is 0.351 e. The van der Waals surface area contributed by atoms with Crippen molar-refractivity contribution in [3.8, 4) is 0 Å². The van der Waals surface area contributed by atoms with E-state index in [9.17, 15) is 4.79 Å². The molecule has 0 spiro atoms. The van der Waals surface area contributed by atoms with E-state index in [1.807, 2.05) is 6.92 Å². The molecule has 2 heterocycles. The van der Waals surface area contributed by atoms with Gasteiger partial charge in [0.2, 0.25) is 0 Å². The maximum absolute atomic E-state index is 12.1. The summed E-state index contributed by atoms with van der Waals surface area (Å²) in [4.78, 5) is 15.4. The zero-order valence-corrected chi connectivity index (χ0v) is 13.5. The van der Waals surface area contributed by atoms with E-state index in [1.165, 1.54) is 63.1 Å². The third-order valence-corrected chi connectivity index (χ3v) is 5.73. The average molecular weight is 308 g/mol. The van der Waals surface area contributed by atoms with Crippen LogP contribution in [0.5, 0.6) is 0 Å². The van der Waals surface area contributed by atoms with Crippen molar-refractivity contribution in [3.05, 3.63) is 10.6 Å². The monoisotopic (exact) mass is 308 g/mol. The van der Waals surface area contributed by atoms with Gasteiger partial charge in [0.25, 0.3) is 5.91 Å². The van der Waals surface area contributed by atoms with Crippen molar-refractivity contribution in [1.82, 2.24) is 19.8 Å². The Bertz CT molecular complexity index is 476. The molecule has 3 rings (SSSR count). The van der Waals surface area contributed by atoms with Crippen LogP contribution in [0.2, 0.25) is 0 Å². The van der Waals surface area contributed by atoms with Crippen LogP contribution in [-0.2, 0) is 0 Å². The Kier molecular flexibility index (Phi) is 4.85. The third kappa shape index (κ3) is 3.61. The van der Waals surface area contributed by atoms with Crippen molar-refractivity contribution in [2.45, 2.75) is 51.5 Å². The van der Waals surface area contributed by atoms with Gasteiger partial charge in [-0.05, 0) is 63.1 Å². The van der Waals surface area contributed by atoms with Crippen LogP contribution in [-0.4, -0.2) is 46.1 Å². The summed E-state index contributed by atoms with van der Waals surface area (Å²) in [7, 11) is 0. The lowest BCUT2D eigenvalue weighted by Gasteiger charge is -2.36. The van der Waals surface area contributed by atoms with Crippen LogP contribution >= 0.6 is 11.5 Å². The number of aromatic nitrogens is 2. The molecule has 1 aromatic heterocycles. The van der Waals surface area contributed by atoms with Gasteiger partial charge in [-0.2, -0.15) is 0 Å². The average Bonchev–Trinajstić information content (AvgIpc) is 3.16. The quantitative estimate of drug-likeness (QED) is 0.926. The summed E-state index contributed by atoms with van der Waals surface area (Å²) >= 11 is 1.18. The van der Waals surface area contributed by atoms with Gasteiger partial charge in [-0.15, -0.1) is 5.10 Å². The fourth-order valence-corrected chi connectivity index (χ4v) is 4.12. The topological polar surface area (TPSA) is 58.1 Å². The van der Waals surface area contributed by atoms with Crippen molar-refractivity contribution in [2.24, 2.45) is 5.92 Å². The summed E-state index contributed by atoms with van der Waals surface area (Å²) in [6.07, 6.45) is 8.00. The molecule has 1 aliphatic carbocycles. The number of likely N-dealkylation sites (tertiary alicyclic amines) is 1. The van der Waals surface area contributed by atoms with Crippen LogP contribution in [0, 0.1) is 12.8 Å². The first-order chi connectivity index (χ1) is 10.2. The first-order valence-electron chi connectivity index (χ1n) is 8.05. The summed E-state index contributed by atoms with van der Waals surface area (Å²) in [6.45, 7) is 5.02. The molecule has 21 heavy (non-hydrogen) atoms. The van der Waals surface area contributed by atoms with E-state index in [0.717, 1.165) is 18.3 Å². The number of aryl methyl sites for hydroxylation is 1. The number of hydrogen-bond donors (Lipinski definition) is 1. The van der Waals surface area contributed by atoms with E-state index in [-0.39, 0.29) is 5.91 Å². The highest BCUT2D eigenvalue weighted by Crippen LogP contribution is 2.27. The van der Waals surface area contributed by atoms with Crippen molar-refractivity contribution >= 4 is 17.4 Å². The lowest BCUT2D eigenvalue weighted by atomic mass is 9.95. The number of carbonyl (C=O) groups excluding carboxylic acids is 1. The van der Waals surface area contributed by atoms with Gasteiger partial charge in [0.15, 0.2) is 0 Å². The summed E-state index contributed by atoms with van der Waals surface area (Å²) < 4.78 is 3.82. The maximum atomic E-state index is 12.1. The van der Waals surface area contributed by atoms with Gasteiger partial charge in [-0.1, -0.05) is 17.3 Å².